The topological polar surface area (TPSA) is 90.7 Å². The van der Waals surface area contributed by atoms with E-state index < -0.39 is 34.6 Å². The van der Waals surface area contributed by atoms with Crippen molar-refractivity contribution in [1.29, 1.82) is 0 Å². The Hall–Kier alpha value is -3.30. The lowest BCUT2D eigenvalue weighted by molar-refractivity contribution is -0.384. The number of hydrogen-bond donors (Lipinski definition) is 1. The Morgan fingerprint density at radius 1 is 1.20 bits per heavy atom. The summed E-state index contributed by atoms with van der Waals surface area (Å²) in [6.45, 7) is -3.08. The summed E-state index contributed by atoms with van der Waals surface area (Å²) in [4.78, 5) is 22.1. The number of non-ortho nitro benzene ring substituents is 1. The van der Waals surface area contributed by atoms with Crippen LogP contribution in [0.25, 0.3) is 0 Å². The molecule has 0 bridgehead atoms. The second kappa shape index (κ2) is 7.51. The standard InChI is InChI=1S/C15H11F3N2O5/c1-24-13-6-8(2-5-12(13)25-15(17)18)14(21)19-11-7-9(20(22)23)3-4-10(11)16/h2-7,15H,1H3,(H,19,21). The second-order valence-corrected chi connectivity index (χ2v) is 4.62. The molecule has 0 saturated carbocycles. The van der Waals surface area contributed by atoms with Crippen LogP contribution in [0, 0.1) is 15.9 Å². The molecule has 25 heavy (non-hydrogen) atoms. The molecule has 2 aromatic rings. The van der Waals surface area contributed by atoms with Crippen molar-refractivity contribution in [3.63, 3.8) is 0 Å². The number of nitrogens with one attached hydrogen (secondary N) is 1. The molecule has 2 aromatic carbocycles. The van der Waals surface area contributed by atoms with Crippen molar-refractivity contribution in [2.24, 2.45) is 0 Å². The van der Waals surface area contributed by atoms with Gasteiger partial charge in [0.25, 0.3) is 11.6 Å². The number of ether oxygens (including phenoxy) is 2. The molecule has 1 N–H and O–H groups in total. The minimum atomic E-state index is -3.08. The highest BCUT2D eigenvalue weighted by molar-refractivity contribution is 6.04. The third-order valence-corrected chi connectivity index (χ3v) is 3.05. The number of benzene rings is 2. The van der Waals surface area contributed by atoms with E-state index in [9.17, 15) is 28.1 Å². The van der Waals surface area contributed by atoms with Gasteiger partial charge >= 0.3 is 6.61 Å². The Bertz CT molecular complexity index is 814. The molecule has 0 saturated heterocycles. The number of nitro benzene ring substituents is 1. The van der Waals surface area contributed by atoms with Crippen LogP contribution in [0.4, 0.5) is 24.5 Å². The van der Waals surface area contributed by atoms with E-state index in [2.05, 4.69) is 10.1 Å². The van der Waals surface area contributed by atoms with Crippen LogP contribution in [0.5, 0.6) is 11.5 Å². The number of halogens is 3. The van der Waals surface area contributed by atoms with E-state index in [0.29, 0.717) is 0 Å². The predicted octanol–water partition coefficient (Wildman–Crippen LogP) is 3.60. The van der Waals surface area contributed by atoms with Crippen molar-refractivity contribution in [1.82, 2.24) is 0 Å². The second-order valence-electron chi connectivity index (χ2n) is 4.62. The van der Waals surface area contributed by atoms with Gasteiger partial charge in [-0.15, -0.1) is 0 Å². The SMILES string of the molecule is COc1cc(C(=O)Nc2cc([N+](=O)[O-])ccc2F)ccc1OC(F)F. The molecule has 132 valence electrons. The number of methoxy groups -OCH3 is 1. The summed E-state index contributed by atoms with van der Waals surface area (Å²) < 4.78 is 47.3. The fourth-order valence-electron chi connectivity index (χ4n) is 1.92. The third kappa shape index (κ3) is 4.37. The first-order valence-corrected chi connectivity index (χ1v) is 6.70. The number of amides is 1. The molecule has 0 aliphatic heterocycles. The Kier molecular flexibility index (Phi) is 5.42. The minimum absolute atomic E-state index is 0.0515. The number of nitrogens with zero attached hydrogens (tertiary/aromatic N) is 1. The average molecular weight is 356 g/mol. The Morgan fingerprint density at radius 2 is 1.92 bits per heavy atom. The van der Waals surface area contributed by atoms with Crippen LogP contribution < -0.4 is 14.8 Å². The molecule has 1 amide bonds. The first-order valence-electron chi connectivity index (χ1n) is 6.70. The molecule has 10 heteroatoms. The summed E-state index contributed by atoms with van der Waals surface area (Å²) in [5.74, 6) is -2.10. The largest absolute Gasteiger partial charge is 0.493 e. The van der Waals surface area contributed by atoms with Gasteiger partial charge in [-0.25, -0.2) is 4.39 Å². The number of carbonyl (C=O) groups is 1. The molecular weight excluding hydrogens is 345 g/mol. The maximum absolute atomic E-state index is 13.7. The van der Waals surface area contributed by atoms with Gasteiger partial charge in [-0.2, -0.15) is 8.78 Å². The number of carbonyl (C=O) groups excluding carboxylic acids is 1. The minimum Gasteiger partial charge on any atom is -0.493 e. The summed E-state index contributed by atoms with van der Waals surface area (Å²) in [7, 11) is 1.19. The zero-order chi connectivity index (χ0) is 18.6. The monoisotopic (exact) mass is 356 g/mol. The molecule has 0 aromatic heterocycles. The molecule has 0 atom stereocenters. The highest BCUT2D eigenvalue weighted by atomic mass is 19.3. The van der Waals surface area contributed by atoms with Crippen molar-refractivity contribution >= 4 is 17.3 Å². The fourth-order valence-corrected chi connectivity index (χ4v) is 1.92. The van der Waals surface area contributed by atoms with Gasteiger partial charge in [-0.1, -0.05) is 0 Å². The van der Waals surface area contributed by atoms with Crippen LogP contribution in [-0.4, -0.2) is 24.6 Å². The van der Waals surface area contributed by atoms with Gasteiger partial charge in [0.1, 0.15) is 5.82 Å². The van der Waals surface area contributed by atoms with Gasteiger partial charge in [0, 0.05) is 17.7 Å². The quantitative estimate of drug-likeness (QED) is 0.631. The predicted molar refractivity (Wildman–Crippen MR) is 80.6 cm³/mol. The van der Waals surface area contributed by atoms with Crippen molar-refractivity contribution in [2.45, 2.75) is 6.61 Å². The number of alkyl halides is 2. The molecule has 0 aliphatic carbocycles. The third-order valence-electron chi connectivity index (χ3n) is 3.05. The van der Waals surface area contributed by atoms with Gasteiger partial charge < -0.3 is 14.8 Å². The number of rotatable bonds is 6. The van der Waals surface area contributed by atoms with Gasteiger partial charge in [0.15, 0.2) is 11.5 Å². The molecule has 0 spiro atoms. The number of nitro groups is 1. The van der Waals surface area contributed by atoms with Crippen LogP contribution in [-0.2, 0) is 0 Å². The van der Waals surface area contributed by atoms with E-state index >= 15 is 0 Å². The first-order chi connectivity index (χ1) is 11.8. The van der Waals surface area contributed by atoms with Gasteiger partial charge in [0.2, 0.25) is 0 Å². The van der Waals surface area contributed by atoms with E-state index in [1.165, 1.54) is 7.11 Å². The highest BCUT2D eigenvalue weighted by Gasteiger charge is 2.17. The van der Waals surface area contributed by atoms with Crippen LogP contribution in [0.15, 0.2) is 36.4 Å². The molecule has 0 heterocycles. The Balaban J connectivity index is 2.26. The zero-order valence-electron chi connectivity index (χ0n) is 12.7. The van der Waals surface area contributed by atoms with Gasteiger partial charge in [-0.05, 0) is 24.3 Å². The van der Waals surface area contributed by atoms with E-state index in [1.54, 1.807) is 0 Å². The lowest BCUT2D eigenvalue weighted by Gasteiger charge is -2.12. The van der Waals surface area contributed by atoms with E-state index in [4.69, 9.17) is 4.74 Å². The smallest absolute Gasteiger partial charge is 0.387 e. The molecule has 0 aliphatic rings. The van der Waals surface area contributed by atoms with Crippen molar-refractivity contribution in [3.05, 3.63) is 57.9 Å². The van der Waals surface area contributed by atoms with E-state index in [0.717, 1.165) is 36.4 Å². The lowest BCUT2D eigenvalue weighted by Crippen LogP contribution is -2.14. The molecule has 0 radical (unpaired) electrons. The molecular formula is C15H11F3N2O5. The summed E-state index contributed by atoms with van der Waals surface area (Å²) >= 11 is 0. The maximum atomic E-state index is 13.7. The van der Waals surface area contributed by atoms with Crippen molar-refractivity contribution in [2.75, 3.05) is 12.4 Å². The fraction of sp³-hybridized carbons (Fsp3) is 0.133. The molecule has 0 unspecified atom stereocenters. The van der Waals surface area contributed by atoms with Crippen LogP contribution in [0.1, 0.15) is 10.4 Å². The molecule has 2 rings (SSSR count). The van der Waals surface area contributed by atoms with Crippen LogP contribution in [0.2, 0.25) is 0 Å². The summed E-state index contributed by atoms with van der Waals surface area (Å²) in [5, 5.41) is 12.9. The normalized spacial score (nSPS) is 10.4. The van der Waals surface area contributed by atoms with Gasteiger partial charge in [-0.3, -0.25) is 14.9 Å². The Morgan fingerprint density at radius 3 is 2.52 bits per heavy atom. The average Bonchev–Trinajstić information content (AvgIpc) is 2.56. The Labute approximate surface area is 139 Å². The summed E-state index contributed by atoms with van der Waals surface area (Å²) in [6.07, 6.45) is 0. The molecule has 7 nitrogen and oxygen atoms in total. The van der Waals surface area contributed by atoms with E-state index in [1.807, 2.05) is 0 Å². The van der Waals surface area contributed by atoms with E-state index in [-0.39, 0.29) is 17.1 Å². The van der Waals surface area contributed by atoms with Gasteiger partial charge in [0.05, 0.1) is 17.7 Å². The van der Waals surface area contributed by atoms with Crippen LogP contribution in [0.3, 0.4) is 0 Å². The van der Waals surface area contributed by atoms with Crippen LogP contribution >= 0.6 is 0 Å². The molecule has 0 fully saturated rings. The highest BCUT2D eigenvalue weighted by Crippen LogP contribution is 2.30. The van der Waals surface area contributed by atoms with Crippen molar-refractivity contribution < 1.29 is 32.4 Å². The summed E-state index contributed by atoms with van der Waals surface area (Å²) in [5.41, 5.74) is -0.856. The van der Waals surface area contributed by atoms with Crippen molar-refractivity contribution in [3.8, 4) is 11.5 Å². The summed E-state index contributed by atoms with van der Waals surface area (Å²) in [6, 6.07) is 6.01. The zero-order valence-corrected chi connectivity index (χ0v) is 12.7. The number of hydrogen-bond acceptors (Lipinski definition) is 5. The maximum Gasteiger partial charge on any atom is 0.387 e. The number of anilines is 1. The first kappa shape index (κ1) is 18.0. The lowest BCUT2D eigenvalue weighted by atomic mass is 10.1.